The van der Waals surface area contributed by atoms with E-state index in [0.29, 0.717) is 5.11 Å². The second-order valence-corrected chi connectivity index (χ2v) is 4.05. The predicted molar refractivity (Wildman–Crippen MR) is 75.0 cm³/mol. The smallest absolute Gasteiger partial charge is 0.166 e. The lowest BCUT2D eigenvalue weighted by Crippen LogP contribution is -2.35. The van der Waals surface area contributed by atoms with Crippen LogP contribution in [-0.4, -0.2) is 24.9 Å². The van der Waals surface area contributed by atoms with Crippen molar-refractivity contribution in [2.75, 3.05) is 19.8 Å². The molecule has 3 nitrogen and oxygen atoms in total. The predicted octanol–water partition coefficient (Wildman–Crippen LogP) is 2.08. The second kappa shape index (κ2) is 8.96. The standard InChI is InChI=1S/C13H20N2OS/c1-2-16-10-6-9-14-13(17)15-11-12-7-4-3-5-8-12/h3-5,7-8H,2,6,9-11H2,1H3,(H2,14,15,17). The molecule has 0 heterocycles. The zero-order valence-corrected chi connectivity index (χ0v) is 11.1. The van der Waals surface area contributed by atoms with Gasteiger partial charge in [-0.1, -0.05) is 30.3 Å². The Labute approximate surface area is 109 Å². The van der Waals surface area contributed by atoms with E-state index < -0.39 is 0 Å². The quantitative estimate of drug-likeness (QED) is 0.575. The van der Waals surface area contributed by atoms with Crippen LogP contribution >= 0.6 is 12.2 Å². The lowest BCUT2D eigenvalue weighted by Gasteiger charge is -2.10. The topological polar surface area (TPSA) is 33.3 Å². The molecule has 0 fully saturated rings. The van der Waals surface area contributed by atoms with E-state index in [0.717, 1.165) is 32.7 Å². The third-order valence-corrected chi connectivity index (χ3v) is 2.54. The summed E-state index contributed by atoms with van der Waals surface area (Å²) in [6.45, 7) is 5.17. The van der Waals surface area contributed by atoms with Gasteiger partial charge >= 0.3 is 0 Å². The number of nitrogens with one attached hydrogen (secondary N) is 2. The molecule has 0 radical (unpaired) electrons. The van der Waals surface area contributed by atoms with Gasteiger partial charge < -0.3 is 15.4 Å². The average molecular weight is 252 g/mol. The Morgan fingerprint density at radius 3 is 2.71 bits per heavy atom. The van der Waals surface area contributed by atoms with Gasteiger partial charge in [-0.2, -0.15) is 0 Å². The van der Waals surface area contributed by atoms with Crippen LogP contribution in [0.25, 0.3) is 0 Å². The number of hydrogen-bond donors (Lipinski definition) is 2. The third-order valence-electron chi connectivity index (χ3n) is 2.25. The Hall–Kier alpha value is -1.13. The van der Waals surface area contributed by atoms with Gasteiger partial charge in [-0.05, 0) is 31.1 Å². The van der Waals surface area contributed by atoms with E-state index >= 15 is 0 Å². The summed E-state index contributed by atoms with van der Waals surface area (Å²) in [7, 11) is 0. The van der Waals surface area contributed by atoms with E-state index in [-0.39, 0.29) is 0 Å². The molecule has 94 valence electrons. The molecule has 0 saturated carbocycles. The van der Waals surface area contributed by atoms with Crippen molar-refractivity contribution in [1.82, 2.24) is 10.6 Å². The van der Waals surface area contributed by atoms with Crippen LogP contribution in [0.4, 0.5) is 0 Å². The molecule has 0 saturated heterocycles. The first-order chi connectivity index (χ1) is 8.33. The lowest BCUT2D eigenvalue weighted by atomic mass is 10.2. The van der Waals surface area contributed by atoms with Crippen LogP contribution in [0.5, 0.6) is 0 Å². The van der Waals surface area contributed by atoms with Crippen molar-refractivity contribution in [3.63, 3.8) is 0 Å². The molecule has 0 aliphatic rings. The first kappa shape index (κ1) is 13.9. The number of benzene rings is 1. The summed E-state index contributed by atoms with van der Waals surface area (Å²) < 4.78 is 5.24. The van der Waals surface area contributed by atoms with E-state index in [2.05, 4.69) is 22.8 Å². The van der Waals surface area contributed by atoms with E-state index in [1.54, 1.807) is 0 Å². The number of thiocarbonyl (C=S) groups is 1. The van der Waals surface area contributed by atoms with Crippen LogP contribution in [0.15, 0.2) is 30.3 Å². The van der Waals surface area contributed by atoms with Crippen molar-refractivity contribution in [3.8, 4) is 0 Å². The van der Waals surface area contributed by atoms with E-state index in [4.69, 9.17) is 17.0 Å². The van der Waals surface area contributed by atoms with Crippen molar-refractivity contribution < 1.29 is 4.74 Å². The first-order valence-corrected chi connectivity index (χ1v) is 6.37. The minimum Gasteiger partial charge on any atom is -0.382 e. The van der Waals surface area contributed by atoms with Crippen LogP contribution in [-0.2, 0) is 11.3 Å². The number of ether oxygens (including phenoxy) is 1. The Morgan fingerprint density at radius 2 is 2.00 bits per heavy atom. The Bertz CT molecular complexity index is 316. The molecular formula is C13H20N2OS. The maximum absolute atomic E-state index is 5.24. The Balaban J connectivity index is 2.05. The molecule has 0 aromatic heterocycles. The van der Waals surface area contributed by atoms with Gasteiger partial charge in [0.05, 0.1) is 0 Å². The minimum absolute atomic E-state index is 0.699. The molecule has 0 spiro atoms. The van der Waals surface area contributed by atoms with Crippen LogP contribution in [0.1, 0.15) is 18.9 Å². The van der Waals surface area contributed by atoms with E-state index in [1.165, 1.54) is 5.56 Å². The van der Waals surface area contributed by atoms with Crippen LogP contribution in [0.3, 0.4) is 0 Å². The lowest BCUT2D eigenvalue weighted by molar-refractivity contribution is 0.145. The first-order valence-electron chi connectivity index (χ1n) is 5.96. The molecule has 0 aliphatic heterocycles. The van der Waals surface area contributed by atoms with E-state index in [1.807, 2.05) is 25.1 Å². The average Bonchev–Trinajstić information content (AvgIpc) is 2.37. The summed E-state index contributed by atoms with van der Waals surface area (Å²) in [6, 6.07) is 10.2. The van der Waals surface area contributed by atoms with Crippen molar-refractivity contribution in [2.45, 2.75) is 19.9 Å². The van der Waals surface area contributed by atoms with Gasteiger partial charge in [-0.3, -0.25) is 0 Å². The van der Waals surface area contributed by atoms with Gasteiger partial charge in [-0.15, -0.1) is 0 Å². The van der Waals surface area contributed by atoms with Crippen LogP contribution < -0.4 is 10.6 Å². The van der Waals surface area contributed by atoms with Crippen molar-refractivity contribution in [1.29, 1.82) is 0 Å². The van der Waals surface area contributed by atoms with Gasteiger partial charge in [-0.25, -0.2) is 0 Å². The molecular weight excluding hydrogens is 232 g/mol. The van der Waals surface area contributed by atoms with E-state index in [9.17, 15) is 0 Å². The fourth-order valence-electron chi connectivity index (χ4n) is 1.36. The highest BCUT2D eigenvalue weighted by Gasteiger charge is 1.95. The normalized spacial score (nSPS) is 9.94. The summed E-state index contributed by atoms with van der Waals surface area (Å²) in [5.74, 6) is 0. The van der Waals surface area contributed by atoms with Gasteiger partial charge in [0, 0.05) is 26.3 Å². The molecule has 2 N–H and O–H groups in total. The fraction of sp³-hybridized carbons (Fsp3) is 0.462. The second-order valence-electron chi connectivity index (χ2n) is 3.65. The molecule has 0 atom stereocenters. The molecule has 0 unspecified atom stereocenters. The largest absolute Gasteiger partial charge is 0.382 e. The molecule has 0 aliphatic carbocycles. The Morgan fingerprint density at radius 1 is 1.24 bits per heavy atom. The Kier molecular flexibility index (Phi) is 7.34. The highest BCUT2D eigenvalue weighted by atomic mass is 32.1. The summed E-state index contributed by atoms with van der Waals surface area (Å²) >= 11 is 5.17. The minimum atomic E-state index is 0.699. The zero-order valence-electron chi connectivity index (χ0n) is 10.2. The monoisotopic (exact) mass is 252 g/mol. The maximum Gasteiger partial charge on any atom is 0.166 e. The van der Waals surface area contributed by atoms with Crippen molar-refractivity contribution >= 4 is 17.3 Å². The third kappa shape index (κ3) is 6.92. The zero-order chi connectivity index (χ0) is 12.3. The summed E-state index contributed by atoms with van der Waals surface area (Å²) in [4.78, 5) is 0. The fourth-order valence-corrected chi connectivity index (χ4v) is 1.54. The number of rotatable bonds is 7. The van der Waals surface area contributed by atoms with Crippen LogP contribution in [0.2, 0.25) is 0 Å². The summed E-state index contributed by atoms with van der Waals surface area (Å²) in [5.41, 5.74) is 1.23. The maximum atomic E-state index is 5.24. The van der Waals surface area contributed by atoms with Gasteiger partial charge in [0.25, 0.3) is 0 Å². The highest BCUT2D eigenvalue weighted by molar-refractivity contribution is 7.80. The highest BCUT2D eigenvalue weighted by Crippen LogP contribution is 1.96. The molecule has 1 aromatic carbocycles. The summed E-state index contributed by atoms with van der Waals surface area (Å²) in [5, 5.41) is 7.02. The number of hydrogen-bond acceptors (Lipinski definition) is 2. The summed E-state index contributed by atoms with van der Waals surface area (Å²) in [6.07, 6.45) is 0.973. The molecule has 0 bridgehead atoms. The van der Waals surface area contributed by atoms with Gasteiger partial charge in [0.2, 0.25) is 0 Å². The molecule has 4 heteroatoms. The molecule has 17 heavy (non-hydrogen) atoms. The molecule has 1 aromatic rings. The van der Waals surface area contributed by atoms with Gasteiger partial charge in [0.15, 0.2) is 5.11 Å². The van der Waals surface area contributed by atoms with Crippen molar-refractivity contribution in [3.05, 3.63) is 35.9 Å². The SMILES string of the molecule is CCOCCCNC(=S)NCc1ccccc1. The molecule has 0 amide bonds. The molecule has 1 rings (SSSR count). The van der Waals surface area contributed by atoms with Gasteiger partial charge in [0.1, 0.15) is 0 Å². The van der Waals surface area contributed by atoms with Crippen LogP contribution in [0, 0.1) is 0 Å². The van der Waals surface area contributed by atoms with Crippen molar-refractivity contribution in [2.24, 2.45) is 0 Å².